The van der Waals surface area contributed by atoms with Gasteiger partial charge in [0.1, 0.15) is 4.90 Å². The molecule has 2 aromatic rings. The summed E-state index contributed by atoms with van der Waals surface area (Å²) in [5.41, 5.74) is 1.43. The van der Waals surface area contributed by atoms with E-state index in [1.54, 1.807) is 25.1 Å². The average molecular weight is 309 g/mol. The molecule has 0 atom stereocenters. The van der Waals surface area contributed by atoms with Crippen LogP contribution in [0, 0.1) is 6.92 Å². The fraction of sp³-hybridized carbons (Fsp3) is 0.429. The molecule has 21 heavy (non-hydrogen) atoms. The van der Waals surface area contributed by atoms with E-state index in [2.05, 4.69) is 14.9 Å². The van der Waals surface area contributed by atoms with Gasteiger partial charge in [-0.1, -0.05) is 25.9 Å². The Kier molecular flexibility index (Phi) is 4.15. The third-order valence-electron chi connectivity index (χ3n) is 2.93. The second kappa shape index (κ2) is 5.57. The van der Waals surface area contributed by atoms with Gasteiger partial charge >= 0.3 is 0 Å². The minimum absolute atomic E-state index is 0.0597. The van der Waals surface area contributed by atoms with E-state index < -0.39 is 10.0 Å². The number of rotatable bonds is 4. The van der Waals surface area contributed by atoms with E-state index in [1.165, 1.54) is 6.20 Å². The lowest BCUT2D eigenvalue weighted by molar-refractivity contribution is 0.377. The van der Waals surface area contributed by atoms with Crippen molar-refractivity contribution in [2.45, 2.75) is 44.6 Å². The average Bonchev–Trinajstić information content (AvgIpc) is 2.82. The smallest absolute Gasteiger partial charge is 0.242 e. The van der Waals surface area contributed by atoms with Gasteiger partial charge in [-0.3, -0.25) is 4.98 Å². The topological polar surface area (TPSA) is 85.1 Å². The highest BCUT2D eigenvalue weighted by Crippen LogP contribution is 2.20. The molecule has 0 fully saturated rings. The molecule has 0 spiro atoms. The lowest BCUT2D eigenvalue weighted by atomic mass is 9.92. The number of hydrogen-bond acceptors (Lipinski definition) is 5. The second-order valence-corrected chi connectivity index (χ2v) is 7.66. The Hall–Kier alpha value is -1.73. The normalized spacial score (nSPS) is 12.6. The predicted octanol–water partition coefficient (Wildman–Crippen LogP) is 2.15. The molecule has 0 saturated carbocycles. The molecular formula is C14H19N3O3S. The van der Waals surface area contributed by atoms with E-state index in [0.717, 1.165) is 5.69 Å². The van der Waals surface area contributed by atoms with E-state index in [4.69, 9.17) is 4.52 Å². The van der Waals surface area contributed by atoms with Crippen molar-refractivity contribution >= 4 is 10.0 Å². The molecule has 2 heterocycles. The number of nitrogens with zero attached hydrogens (tertiary/aromatic N) is 2. The van der Waals surface area contributed by atoms with Gasteiger partial charge in [0.05, 0.1) is 12.2 Å². The summed E-state index contributed by atoms with van der Waals surface area (Å²) in [6.07, 6.45) is 1.37. The van der Waals surface area contributed by atoms with Crippen LogP contribution < -0.4 is 4.72 Å². The number of aromatic nitrogens is 2. The van der Waals surface area contributed by atoms with Crippen molar-refractivity contribution in [3.8, 4) is 0 Å². The summed E-state index contributed by atoms with van der Waals surface area (Å²) in [6, 6.07) is 4.97. The highest BCUT2D eigenvalue weighted by Gasteiger charge is 2.19. The Morgan fingerprint density at radius 1 is 1.29 bits per heavy atom. The van der Waals surface area contributed by atoms with E-state index in [0.29, 0.717) is 11.5 Å². The van der Waals surface area contributed by atoms with Crippen LogP contribution in [0.1, 0.15) is 37.9 Å². The summed E-state index contributed by atoms with van der Waals surface area (Å²) in [6.45, 7) is 7.90. The number of nitrogens with one attached hydrogen (secondary N) is 1. The lowest BCUT2D eigenvalue weighted by Crippen LogP contribution is -2.23. The maximum atomic E-state index is 12.2. The van der Waals surface area contributed by atoms with Crippen LogP contribution in [0.2, 0.25) is 0 Å². The third kappa shape index (κ3) is 3.89. The molecule has 0 aliphatic carbocycles. The highest BCUT2D eigenvalue weighted by molar-refractivity contribution is 7.89. The second-order valence-electron chi connectivity index (χ2n) is 5.89. The monoisotopic (exact) mass is 309 g/mol. The quantitative estimate of drug-likeness (QED) is 0.935. The minimum atomic E-state index is -3.61. The van der Waals surface area contributed by atoms with Gasteiger partial charge in [-0.25, -0.2) is 13.1 Å². The van der Waals surface area contributed by atoms with E-state index in [1.807, 2.05) is 20.8 Å². The first-order valence-corrected chi connectivity index (χ1v) is 8.05. The first-order valence-electron chi connectivity index (χ1n) is 6.57. The van der Waals surface area contributed by atoms with Crippen LogP contribution in [-0.4, -0.2) is 18.6 Å². The highest BCUT2D eigenvalue weighted by atomic mass is 32.2. The SMILES string of the molecule is Cc1cc(CNS(=O)(=O)c2ccc(C(C)(C)C)nc2)on1. The van der Waals surface area contributed by atoms with Gasteiger partial charge in [-0.2, -0.15) is 0 Å². The van der Waals surface area contributed by atoms with Crippen molar-refractivity contribution in [1.29, 1.82) is 0 Å². The van der Waals surface area contributed by atoms with Crippen LogP contribution in [-0.2, 0) is 22.0 Å². The zero-order chi connectivity index (χ0) is 15.7. The van der Waals surface area contributed by atoms with Crippen LogP contribution in [0.3, 0.4) is 0 Å². The molecule has 0 radical (unpaired) electrons. The molecule has 114 valence electrons. The summed E-state index contributed by atoms with van der Waals surface area (Å²) in [7, 11) is -3.61. The largest absolute Gasteiger partial charge is 0.360 e. The van der Waals surface area contributed by atoms with Crippen LogP contribution in [0.15, 0.2) is 33.8 Å². The number of pyridine rings is 1. The predicted molar refractivity (Wildman–Crippen MR) is 78.2 cm³/mol. The molecule has 0 unspecified atom stereocenters. The molecule has 7 heteroatoms. The van der Waals surface area contributed by atoms with Crippen LogP contribution in [0.5, 0.6) is 0 Å². The fourth-order valence-electron chi connectivity index (χ4n) is 1.73. The van der Waals surface area contributed by atoms with Gasteiger partial charge in [0.15, 0.2) is 5.76 Å². The summed E-state index contributed by atoms with van der Waals surface area (Å²) >= 11 is 0. The van der Waals surface area contributed by atoms with Crippen LogP contribution >= 0.6 is 0 Å². The van der Waals surface area contributed by atoms with Crippen molar-refractivity contribution < 1.29 is 12.9 Å². The molecule has 0 aromatic carbocycles. The van der Waals surface area contributed by atoms with Crippen molar-refractivity contribution in [2.24, 2.45) is 0 Å². The van der Waals surface area contributed by atoms with Gasteiger partial charge in [-0.15, -0.1) is 0 Å². The van der Waals surface area contributed by atoms with E-state index >= 15 is 0 Å². The first-order chi connectivity index (χ1) is 9.68. The maximum absolute atomic E-state index is 12.2. The third-order valence-corrected chi connectivity index (χ3v) is 4.31. The van der Waals surface area contributed by atoms with Gasteiger partial charge in [0.25, 0.3) is 0 Å². The van der Waals surface area contributed by atoms with Crippen LogP contribution in [0.25, 0.3) is 0 Å². The molecule has 0 aliphatic heterocycles. The van der Waals surface area contributed by atoms with E-state index in [-0.39, 0.29) is 16.9 Å². The van der Waals surface area contributed by atoms with Crippen molar-refractivity contribution in [2.75, 3.05) is 0 Å². The Morgan fingerprint density at radius 2 is 2.00 bits per heavy atom. The molecule has 6 nitrogen and oxygen atoms in total. The number of aryl methyl sites for hydroxylation is 1. The zero-order valence-electron chi connectivity index (χ0n) is 12.5. The summed E-state index contributed by atoms with van der Waals surface area (Å²) < 4.78 is 31.7. The summed E-state index contributed by atoms with van der Waals surface area (Å²) in [5.74, 6) is 0.468. The Balaban J connectivity index is 2.12. The number of hydrogen-bond donors (Lipinski definition) is 1. The standard InChI is InChI=1S/C14H19N3O3S/c1-10-7-11(20-17-10)8-16-21(18,19)12-5-6-13(15-9-12)14(2,3)4/h5-7,9,16H,8H2,1-4H3. The van der Waals surface area contributed by atoms with Crippen LogP contribution in [0.4, 0.5) is 0 Å². The molecule has 0 amide bonds. The molecule has 0 bridgehead atoms. The van der Waals surface area contributed by atoms with Gasteiger partial charge in [0, 0.05) is 23.4 Å². The summed E-state index contributed by atoms with van der Waals surface area (Å²) in [4.78, 5) is 4.35. The summed E-state index contributed by atoms with van der Waals surface area (Å²) in [5, 5.41) is 3.71. The molecule has 0 aliphatic rings. The Labute approximate surface area is 124 Å². The van der Waals surface area contributed by atoms with E-state index in [9.17, 15) is 8.42 Å². The van der Waals surface area contributed by atoms with Crippen molar-refractivity contribution in [3.63, 3.8) is 0 Å². The molecule has 0 saturated heterocycles. The minimum Gasteiger partial charge on any atom is -0.360 e. The van der Waals surface area contributed by atoms with Crippen molar-refractivity contribution in [3.05, 3.63) is 41.5 Å². The first kappa shape index (κ1) is 15.7. The molecular weight excluding hydrogens is 290 g/mol. The molecule has 2 rings (SSSR count). The zero-order valence-corrected chi connectivity index (χ0v) is 13.4. The molecule has 2 aromatic heterocycles. The Bertz CT molecular complexity index is 713. The maximum Gasteiger partial charge on any atom is 0.242 e. The number of sulfonamides is 1. The van der Waals surface area contributed by atoms with Gasteiger partial charge < -0.3 is 4.52 Å². The van der Waals surface area contributed by atoms with Crippen molar-refractivity contribution in [1.82, 2.24) is 14.9 Å². The molecule has 1 N–H and O–H groups in total. The van der Waals surface area contributed by atoms with Gasteiger partial charge in [0.2, 0.25) is 10.0 Å². The fourth-order valence-corrected chi connectivity index (χ4v) is 2.67. The Morgan fingerprint density at radius 3 is 2.48 bits per heavy atom. The lowest BCUT2D eigenvalue weighted by Gasteiger charge is -2.17. The van der Waals surface area contributed by atoms with Gasteiger partial charge in [-0.05, 0) is 19.1 Å².